The van der Waals surface area contributed by atoms with Crippen LogP contribution in [0.1, 0.15) is 28.1 Å². The Morgan fingerprint density at radius 2 is 2.29 bits per heavy atom. The standard InChI is InChI=1S/C12H16BrNO2S/c1-7-3-10(17-11(7)13)12(16)14(2)6-8-4-9(15)5-8/h3,8-9,15H,4-6H2,1-2H3. The van der Waals surface area contributed by atoms with Crippen molar-refractivity contribution in [3.63, 3.8) is 0 Å². The zero-order chi connectivity index (χ0) is 12.6. The number of amides is 1. The topological polar surface area (TPSA) is 40.5 Å². The van der Waals surface area contributed by atoms with Gasteiger partial charge in [-0.2, -0.15) is 0 Å². The van der Waals surface area contributed by atoms with Crippen LogP contribution in [-0.4, -0.2) is 35.6 Å². The SMILES string of the molecule is Cc1cc(C(=O)N(C)CC2CC(O)C2)sc1Br. The monoisotopic (exact) mass is 317 g/mol. The van der Waals surface area contributed by atoms with Crippen molar-refractivity contribution in [1.29, 1.82) is 0 Å². The molecule has 1 saturated carbocycles. The highest BCUT2D eigenvalue weighted by Gasteiger charge is 2.29. The Morgan fingerprint density at radius 1 is 1.65 bits per heavy atom. The Morgan fingerprint density at radius 3 is 2.76 bits per heavy atom. The summed E-state index contributed by atoms with van der Waals surface area (Å²) >= 11 is 4.91. The second kappa shape index (κ2) is 5.08. The second-order valence-corrected chi connectivity index (χ2v) is 7.11. The third-order valence-corrected chi connectivity index (χ3v) is 5.28. The van der Waals surface area contributed by atoms with E-state index in [1.54, 1.807) is 4.90 Å². The molecule has 3 nitrogen and oxygen atoms in total. The molecule has 0 radical (unpaired) electrons. The van der Waals surface area contributed by atoms with E-state index < -0.39 is 0 Å². The summed E-state index contributed by atoms with van der Waals surface area (Å²) in [5.74, 6) is 0.536. The first kappa shape index (κ1) is 13.1. The highest BCUT2D eigenvalue weighted by molar-refractivity contribution is 9.11. The van der Waals surface area contributed by atoms with Gasteiger partial charge in [0, 0.05) is 13.6 Å². The van der Waals surface area contributed by atoms with E-state index in [4.69, 9.17) is 0 Å². The summed E-state index contributed by atoms with van der Waals surface area (Å²) < 4.78 is 1.02. The molecule has 1 N–H and O–H groups in total. The molecule has 17 heavy (non-hydrogen) atoms. The fourth-order valence-corrected chi connectivity index (χ4v) is 3.60. The first-order chi connectivity index (χ1) is 7.97. The van der Waals surface area contributed by atoms with Crippen molar-refractivity contribution in [2.24, 2.45) is 5.92 Å². The minimum atomic E-state index is -0.151. The first-order valence-electron chi connectivity index (χ1n) is 5.67. The number of hydrogen-bond donors (Lipinski definition) is 1. The molecule has 1 aliphatic rings. The summed E-state index contributed by atoms with van der Waals surface area (Å²) in [6, 6.07) is 1.92. The lowest BCUT2D eigenvalue weighted by Gasteiger charge is -2.34. The van der Waals surface area contributed by atoms with E-state index in [0.717, 1.165) is 33.6 Å². The third-order valence-electron chi connectivity index (χ3n) is 3.16. The molecule has 0 unspecified atom stereocenters. The fourth-order valence-electron chi connectivity index (χ4n) is 2.07. The van der Waals surface area contributed by atoms with Gasteiger partial charge in [0.05, 0.1) is 14.8 Å². The minimum absolute atomic E-state index is 0.0742. The van der Waals surface area contributed by atoms with Crippen LogP contribution in [0.5, 0.6) is 0 Å². The summed E-state index contributed by atoms with van der Waals surface area (Å²) in [6.07, 6.45) is 1.50. The highest BCUT2D eigenvalue weighted by Crippen LogP contribution is 2.30. The van der Waals surface area contributed by atoms with Crippen molar-refractivity contribution >= 4 is 33.2 Å². The molecule has 5 heteroatoms. The van der Waals surface area contributed by atoms with Crippen molar-refractivity contribution in [2.45, 2.75) is 25.9 Å². The summed E-state index contributed by atoms with van der Waals surface area (Å²) in [4.78, 5) is 14.7. The van der Waals surface area contributed by atoms with Gasteiger partial charge in [-0.3, -0.25) is 4.79 Å². The van der Waals surface area contributed by atoms with E-state index in [0.29, 0.717) is 5.92 Å². The number of carbonyl (C=O) groups excluding carboxylic acids is 1. The number of nitrogens with zero attached hydrogens (tertiary/aromatic N) is 1. The van der Waals surface area contributed by atoms with Crippen LogP contribution in [0.25, 0.3) is 0 Å². The van der Waals surface area contributed by atoms with Crippen LogP contribution in [0, 0.1) is 12.8 Å². The highest BCUT2D eigenvalue weighted by atomic mass is 79.9. The van der Waals surface area contributed by atoms with Crippen LogP contribution in [0.15, 0.2) is 9.85 Å². The smallest absolute Gasteiger partial charge is 0.263 e. The Balaban J connectivity index is 1.95. The zero-order valence-corrected chi connectivity index (χ0v) is 12.3. The molecule has 0 bridgehead atoms. The Hall–Kier alpha value is -0.390. The number of carbonyl (C=O) groups is 1. The van der Waals surface area contributed by atoms with Crippen molar-refractivity contribution in [3.05, 3.63) is 20.3 Å². The lowest BCUT2D eigenvalue weighted by molar-refractivity contribution is 0.0266. The van der Waals surface area contributed by atoms with E-state index >= 15 is 0 Å². The molecule has 1 heterocycles. The number of thiophene rings is 1. The molecule has 1 aliphatic carbocycles. The van der Waals surface area contributed by atoms with Gasteiger partial charge in [-0.25, -0.2) is 0 Å². The van der Waals surface area contributed by atoms with Gasteiger partial charge in [-0.05, 0) is 53.2 Å². The molecule has 1 fully saturated rings. The van der Waals surface area contributed by atoms with Gasteiger partial charge in [0.2, 0.25) is 0 Å². The number of aryl methyl sites for hydroxylation is 1. The maximum Gasteiger partial charge on any atom is 0.263 e. The lowest BCUT2D eigenvalue weighted by atomic mass is 9.82. The second-order valence-electron chi connectivity index (χ2n) is 4.74. The summed E-state index contributed by atoms with van der Waals surface area (Å²) in [5, 5.41) is 9.22. The number of rotatable bonds is 3. The predicted molar refractivity (Wildman–Crippen MR) is 72.4 cm³/mol. The Kier molecular flexibility index (Phi) is 3.90. The number of hydrogen-bond acceptors (Lipinski definition) is 3. The minimum Gasteiger partial charge on any atom is -0.393 e. The van der Waals surface area contributed by atoms with Gasteiger partial charge >= 0.3 is 0 Å². The van der Waals surface area contributed by atoms with E-state index in [2.05, 4.69) is 15.9 Å². The normalized spacial score (nSPS) is 23.3. The largest absolute Gasteiger partial charge is 0.393 e. The zero-order valence-electron chi connectivity index (χ0n) is 9.94. The molecule has 94 valence electrons. The van der Waals surface area contributed by atoms with Crippen molar-refractivity contribution < 1.29 is 9.90 Å². The van der Waals surface area contributed by atoms with E-state index in [9.17, 15) is 9.90 Å². The molecular formula is C12H16BrNO2S. The van der Waals surface area contributed by atoms with Crippen LogP contribution in [0.2, 0.25) is 0 Å². The average molecular weight is 318 g/mol. The molecule has 2 rings (SSSR count). The molecule has 1 aromatic heterocycles. The van der Waals surface area contributed by atoms with Crippen LogP contribution in [0.3, 0.4) is 0 Å². The maximum absolute atomic E-state index is 12.1. The average Bonchev–Trinajstić information content (AvgIpc) is 2.56. The van der Waals surface area contributed by atoms with Gasteiger partial charge in [0.25, 0.3) is 5.91 Å². The van der Waals surface area contributed by atoms with Gasteiger partial charge in [-0.1, -0.05) is 0 Å². The van der Waals surface area contributed by atoms with Crippen LogP contribution < -0.4 is 0 Å². The predicted octanol–water partition coefficient (Wildman–Crippen LogP) is 2.66. The van der Waals surface area contributed by atoms with Gasteiger partial charge in [0.1, 0.15) is 0 Å². The maximum atomic E-state index is 12.1. The van der Waals surface area contributed by atoms with E-state index in [-0.39, 0.29) is 12.0 Å². The number of aliphatic hydroxyl groups excluding tert-OH is 1. The van der Waals surface area contributed by atoms with Crippen LogP contribution in [-0.2, 0) is 0 Å². The first-order valence-corrected chi connectivity index (χ1v) is 7.27. The van der Waals surface area contributed by atoms with E-state index in [1.807, 2.05) is 20.0 Å². The van der Waals surface area contributed by atoms with Gasteiger partial charge < -0.3 is 10.0 Å². The van der Waals surface area contributed by atoms with Crippen molar-refractivity contribution in [3.8, 4) is 0 Å². The van der Waals surface area contributed by atoms with Crippen LogP contribution in [0.4, 0.5) is 0 Å². The molecule has 0 aromatic carbocycles. The lowest BCUT2D eigenvalue weighted by Crippen LogP contribution is -2.39. The van der Waals surface area contributed by atoms with Gasteiger partial charge in [-0.15, -0.1) is 11.3 Å². The summed E-state index contributed by atoms with van der Waals surface area (Å²) in [5.41, 5.74) is 1.10. The summed E-state index contributed by atoms with van der Waals surface area (Å²) in [7, 11) is 1.83. The number of halogens is 1. The summed E-state index contributed by atoms with van der Waals surface area (Å²) in [6.45, 7) is 2.73. The molecule has 0 saturated heterocycles. The quantitative estimate of drug-likeness (QED) is 0.931. The third kappa shape index (κ3) is 2.89. The van der Waals surface area contributed by atoms with Crippen LogP contribution >= 0.6 is 27.3 Å². The van der Waals surface area contributed by atoms with Crippen molar-refractivity contribution in [1.82, 2.24) is 4.90 Å². The Labute approximate surface area is 114 Å². The Bertz CT molecular complexity index is 407. The number of aliphatic hydroxyl groups is 1. The van der Waals surface area contributed by atoms with Crippen molar-refractivity contribution in [2.75, 3.05) is 13.6 Å². The van der Waals surface area contributed by atoms with E-state index in [1.165, 1.54) is 11.3 Å². The molecule has 0 atom stereocenters. The molecule has 0 aliphatic heterocycles. The van der Waals surface area contributed by atoms with Gasteiger partial charge in [0.15, 0.2) is 0 Å². The fraction of sp³-hybridized carbons (Fsp3) is 0.583. The molecular weight excluding hydrogens is 302 g/mol. The molecule has 1 amide bonds. The molecule has 0 spiro atoms. The molecule has 1 aromatic rings.